The molecule has 0 saturated carbocycles. The van der Waals surface area contributed by atoms with Crippen LogP contribution >= 0.6 is 11.9 Å². The van der Waals surface area contributed by atoms with Gasteiger partial charge in [-0.15, -0.1) is 0 Å². The van der Waals surface area contributed by atoms with Gasteiger partial charge in [-0.2, -0.15) is 0 Å². The van der Waals surface area contributed by atoms with Crippen LogP contribution < -0.4 is 5.73 Å². The standard InChI is InChI=1S/C3H9N.ClHO/c1-2-3-4;1-2/h2-4H2,1H3;2H. The Morgan fingerprint density at radius 3 is 1.83 bits per heavy atom. The van der Waals surface area contributed by atoms with Gasteiger partial charge < -0.3 is 5.73 Å². The average Bonchev–Trinajstić information content (AvgIpc) is 1.72. The lowest BCUT2D eigenvalue weighted by Crippen LogP contribution is -1.93. The molecule has 0 atom stereocenters. The van der Waals surface area contributed by atoms with Crippen LogP contribution in [0.15, 0.2) is 0 Å². The van der Waals surface area contributed by atoms with Crippen molar-refractivity contribution in [3.05, 3.63) is 0 Å². The van der Waals surface area contributed by atoms with E-state index in [0.717, 1.165) is 13.0 Å². The second kappa shape index (κ2) is 18.9. The second-order valence-corrected chi connectivity index (χ2v) is 0.789. The summed E-state index contributed by atoms with van der Waals surface area (Å²) < 4.78 is 6.47. The first-order valence-corrected chi connectivity index (χ1v) is 2.12. The molecule has 0 rings (SSSR count). The minimum Gasteiger partial charge on any atom is -0.330 e. The van der Waals surface area contributed by atoms with Crippen LogP contribution in [0, 0.1) is 0 Å². The molecule has 0 radical (unpaired) electrons. The first-order chi connectivity index (χ1) is 2.91. The van der Waals surface area contributed by atoms with Crippen LogP contribution in [0.5, 0.6) is 0 Å². The van der Waals surface area contributed by atoms with Crippen molar-refractivity contribution in [2.45, 2.75) is 13.3 Å². The van der Waals surface area contributed by atoms with Gasteiger partial charge in [0.05, 0.1) is 11.9 Å². The zero-order valence-corrected chi connectivity index (χ0v) is 4.57. The summed E-state index contributed by atoms with van der Waals surface area (Å²) in [7, 11) is 0. The molecule has 0 spiro atoms. The highest BCUT2D eigenvalue weighted by Gasteiger charge is 1.55. The molecular weight excluding hydrogens is 101 g/mol. The molecule has 0 unspecified atom stereocenters. The van der Waals surface area contributed by atoms with Crippen LogP contribution in [0.25, 0.3) is 0 Å². The van der Waals surface area contributed by atoms with E-state index in [4.69, 9.17) is 10.4 Å². The fourth-order valence-corrected chi connectivity index (χ4v) is 0. The highest BCUT2D eigenvalue weighted by Crippen LogP contribution is 1.57. The summed E-state index contributed by atoms with van der Waals surface area (Å²) in [6, 6.07) is 0. The molecule has 3 heteroatoms. The Labute approximate surface area is 43.1 Å². The molecule has 0 aromatic heterocycles. The van der Waals surface area contributed by atoms with Crippen molar-refractivity contribution in [1.82, 2.24) is 0 Å². The lowest BCUT2D eigenvalue weighted by molar-refractivity contribution is 0.632. The van der Waals surface area contributed by atoms with Gasteiger partial charge in [-0.05, 0) is 13.0 Å². The van der Waals surface area contributed by atoms with Gasteiger partial charge in [0.2, 0.25) is 0 Å². The molecular formula is C3H10ClNO. The summed E-state index contributed by atoms with van der Waals surface area (Å²) in [4.78, 5) is 0. The fraction of sp³-hybridized carbons (Fsp3) is 1.00. The van der Waals surface area contributed by atoms with E-state index in [9.17, 15) is 0 Å². The maximum absolute atomic E-state index is 6.47. The molecule has 0 aromatic carbocycles. The lowest BCUT2D eigenvalue weighted by atomic mass is 10.5. The minimum atomic E-state index is 0.819. The molecule has 0 aromatic rings. The van der Waals surface area contributed by atoms with E-state index in [-0.39, 0.29) is 0 Å². The van der Waals surface area contributed by atoms with E-state index >= 15 is 0 Å². The van der Waals surface area contributed by atoms with E-state index in [1.807, 2.05) is 0 Å². The molecule has 0 aliphatic heterocycles. The summed E-state index contributed by atoms with van der Waals surface area (Å²) in [5, 5.41) is 0. The van der Waals surface area contributed by atoms with Gasteiger partial charge in [0.25, 0.3) is 0 Å². The Balaban J connectivity index is 0. The van der Waals surface area contributed by atoms with E-state index in [1.165, 1.54) is 0 Å². The maximum atomic E-state index is 6.47. The van der Waals surface area contributed by atoms with Crippen molar-refractivity contribution >= 4 is 11.9 Å². The fourth-order valence-electron chi connectivity index (χ4n) is 0. The van der Waals surface area contributed by atoms with Crippen molar-refractivity contribution in [3.8, 4) is 0 Å². The van der Waals surface area contributed by atoms with Crippen LogP contribution in [0.1, 0.15) is 13.3 Å². The Hall–Kier alpha value is 0.210. The number of hydrogen-bond donors (Lipinski definition) is 2. The third-order valence-corrected chi connectivity index (χ3v) is 0.289. The zero-order chi connectivity index (χ0) is 5.41. The van der Waals surface area contributed by atoms with Crippen molar-refractivity contribution in [1.29, 1.82) is 0 Å². The topological polar surface area (TPSA) is 46.2 Å². The van der Waals surface area contributed by atoms with Gasteiger partial charge in [-0.25, -0.2) is 0 Å². The number of hydrogen-bond acceptors (Lipinski definition) is 2. The molecule has 0 saturated heterocycles. The first kappa shape index (κ1) is 9.51. The zero-order valence-electron chi connectivity index (χ0n) is 3.82. The molecule has 0 amide bonds. The lowest BCUT2D eigenvalue weighted by Gasteiger charge is -1.70. The second-order valence-electron chi connectivity index (χ2n) is 0.789. The van der Waals surface area contributed by atoms with Crippen molar-refractivity contribution in [2.24, 2.45) is 5.73 Å². The van der Waals surface area contributed by atoms with Crippen molar-refractivity contribution < 1.29 is 4.66 Å². The van der Waals surface area contributed by atoms with Crippen LogP contribution in [-0.4, -0.2) is 11.2 Å². The summed E-state index contributed by atoms with van der Waals surface area (Å²) in [5.74, 6) is 0. The predicted octanol–water partition coefficient (Wildman–Crippen LogP) is 0.488. The molecule has 0 fully saturated rings. The average molecular weight is 112 g/mol. The Morgan fingerprint density at radius 2 is 1.83 bits per heavy atom. The summed E-state index contributed by atoms with van der Waals surface area (Å²) in [6.45, 7) is 2.88. The molecule has 0 aliphatic carbocycles. The largest absolute Gasteiger partial charge is 0.330 e. The Morgan fingerprint density at radius 1 is 1.67 bits per heavy atom. The normalized spacial score (nSPS) is 6.00. The molecule has 0 bridgehead atoms. The van der Waals surface area contributed by atoms with Gasteiger partial charge in [0, 0.05) is 0 Å². The third kappa shape index (κ3) is 29.6. The smallest absolute Gasteiger partial charge is 0.0579 e. The molecule has 6 heavy (non-hydrogen) atoms. The highest BCUT2D eigenvalue weighted by molar-refractivity contribution is 6.04. The van der Waals surface area contributed by atoms with Gasteiger partial charge >= 0.3 is 0 Å². The molecule has 40 valence electrons. The highest BCUT2D eigenvalue weighted by atomic mass is 35.5. The van der Waals surface area contributed by atoms with Gasteiger partial charge in [0.1, 0.15) is 0 Å². The summed E-state index contributed by atoms with van der Waals surface area (Å²) in [5.41, 5.74) is 5.03. The van der Waals surface area contributed by atoms with E-state index in [0.29, 0.717) is 0 Å². The Bertz CT molecular complexity index is 12.8. The van der Waals surface area contributed by atoms with E-state index in [1.54, 1.807) is 0 Å². The van der Waals surface area contributed by atoms with Crippen LogP contribution in [-0.2, 0) is 0 Å². The maximum Gasteiger partial charge on any atom is 0.0579 e. The van der Waals surface area contributed by atoms with Gasteiger partial charge in [-0.3, -0.25) is 4.66 Å². The first-order valence-electron chi connectivity index (χ1n) is 1.78. The number of halogens is 1. The van der Waals surface area contributed by atoms with Crippen LogP contribution in [0.3, 0.4) is 0 Å². The predicted molar refractivity (Wildman–Crippen MR) is 27.4 cm³/mol. The van der Waals surface area contributed by atoms with Gasteiger partial charge in [-0.1, -0.05) is 6.92 Å². The Kier molecular flexibility index (Phi) is 30.0. The molecule has 3 N–H and O–H groups in total. The molecule has 2 nitrogen and oxygen atoms in total. The molecule has 0 heterocycles. The summed E-state index contributed by atoms with van der Waals surface area (Å²) >= 11 is 3.64. The van der Waals surface area contributed by atoms with Crippen molar-refractivity contribution in [3.63, 3.8) is 0 Å². The number of rotatable bonds is 1. The van der Waals surface area contributed by atoms with E-state index in [2.05, 4.69) is 18.8 Å². The van der Waals surface area contributed by atoms with E-state index < -0.39 is 0 Å². The van der Waals surface area contributed by atoms with Gasteiger partial charge in [0.15, 0.2) is 0 Å². The summed E-state index contributed by atoms with van der Waals surface area (Å²) in [6.07, 6.45) is 1.10. The SMILES string of the molecule is CCCN.OCl. The van der Waals surface area contributed by atoms with Crippen LogP contribution in [0.2, 0.25) is 0 Å². The number of nitrogens with two attached hydrogens (primary N) is 1. The minimum absolute atomic E-state index is 0.819. The van der Waals surface area contributed by atoms with Crippen LogP contribution in [0.4, 0.5) is 0 Å². The van der Waals surface area contributed by atoms with Crippen molar-refractivity contribution in [2.75, 3.05) is 6.54 Å². The monoisotopic (exact) mass is 111 g/mol. The third-order valence-electron chi connectivity index (χ3n) is 0.289. The quantitative estimate of drug-likeness (QED) is 0.517. The molecule has 0 aliphatic rings.